The lowest BCUT2D eigenvalue weighted by molar-refractivity contribution is 0.659. The van der Waals surface area contributed by atoms with Gasteiger partial charge in [-0.15, -0.1) is 0 Å². The molecule has 2 heteroatoms. The predicted octanol–water partition coefficient (Wildman–Crippen LogP) is 14.9. The summed E-state index contributed by atoms with van der Waals surface area (Å²) in [4.78, 5) is 0. The lowest BCUT2D eigenvalue weighted by atomic mass is 9.81. The van der Waals surface area contributed by atoms with Gasteiger partial charge in [0.1, 0.15) is 0 Å². The van der Waals surface area contributed by atoms with Crippen LogP contribution in [0, 0.1) is 0 Å². The summed E-state index contributed by atoms with van der Waals surface area (Å²) in [5.41, 5.74) is 25.6. The second-order valence-electron chi connectivity index (χ2n) is 16.1. The van der Waals surface area contributed by atoms with Gasteiger partial charge in [-0.2, -0.15) is 0 Å². The van der Waals surface area contributed by atoms with Crippen molar-refractivity contribution in [1.82, 2.24) is 0 Å². The summed E-state index contributed by atoms with van der Waals surface area (Å²) in [6.45, 7) is 9.28. The zero-order chi connectivity index (χ0) is 39.6. The van der Waals surface area contributed by atoms with E-state index in [9.17, 15) is 0 Å². The van der Waals surface area contributed by atoms with Crippen LogP contribution in [0.2, 0.25) is 0 Å². The Kier molecular flexibility index (Phi) is 10.6. The van der Waals surface area contributed by atoms with Crippen LogP contribution in [0.5, 0.6) is 0 Å². The molecule has 280 valence electrons. The molecule has 2 aliphatic rings. The molecule has 0 aliphatic heterocycles. The highest BCUT2D eigenvalue weighted by atomic mass is 79.9. The summed E-state index contributed by atoms with van der Waals surface area (Å²) in [5, 5.41) is 0. The Morgan fingerprint density at radius 2 is 0.754 bits per heavy atom. The van der Waals surface area contributed by atoms with Crippen LogP contribution in [-0.2, 0) is 17.3 Å². The van der Waals surface area contributed by atoms with Crippen molar-refractivity contribution in [2.75, 3.05) is 5.73 Å². The number of rotatable bonds is 4. The van der Waals surface area contributed by atoms with E-state index in [1.165, 1.54) is 77.9 Å². The smallest absolute Gasteiger partial charge is 0.0314 e. The molecule has 57 heavy (non-hydrogen) atoms. The van der Waals surface area contributed by atoms with Crippen LogP contribution in [0.15, 0.2) is 199 Å². The molecule has 0 amide bonds. The number of benzene rings is 8. The molecule has 0 unspecified atom stereocenters. The van der Waals surface area contributed by atoms with E-state index in [0.717, 1.165) is 16.6 Å². The van der Waals surface area contributed by atoms with Gasteiger partial charge < -0.3 is 5.73 Å². The number of fused-ring (bicyclic) bond motifs is 6. The molecule has 0 saturated heterocycles. The largest absolute Gasteiger partial charge is 0.399 e. The molecule has 0 heterocycles. The van der Waals surface area contributed by atoms with E-state index in [0.29, 0.717) is 0 Å². The van der Waals surface area contributed by atoms with Crippen molar-refractivity contribution < 1.29 is 0 Å². The molecular weight excluding hydrogens is 755 g/mol. The van der Waals surface area contributed by atoms with Gasteiger partial charge in [0, 0.05) is 21.0 Å². The van der Waals surface area contributed by atoms with Crippen molar-refractivity contribution in [3.05, 3.63) is 232 Å². The third-order valence-corrected chi connectivity index (χ3v) is 12.2. The van der Waals surface area contributed by atoms with Crippen molar-refractivity contribution in [2.45, 2.75) is 44.9 Å². The first-order valence-electron chi connectivity index (χ1n) is 19.8. The van der Waals surface area contributed by atoms with E-state index in [1.54, 1.807) is 0 Å². The lowest BCUT2D eigenvalue weighted by Crippen LogP contribution is -2.15. The van der Waals surface area contributed by atoms with Gasteiger partial charge in [0.25, 0.3) is 0 Å². The zero-order valence-corrected chi connectivity index (χ0v) is 34.7. The molecule has 0 fully saturated rings. The molecule has 0 spiro atoms. The summed E-state index contributed by atoms with van der Waals surface area (Å²) in [6, 6.07) is 68.9. The van der Waals surface area contributed by atoms with E-state index < -0.39 is 0 Å². The monoisotopic (exact) mass is 801 g/mol. The molecule has 0 bridgehead atoms. The topological polar surface area (TPSA) is 26.0 Å². The van der Waals surface area contributed by atoms with Crippen molar-refractivity contribution in [3.8, 4) is 44.5 Å². The van der Waals surface area contributed by atoms with Gasteiger partial charge in [-0.25, -0.2) is 0 Å². The maximum Gasteiger partial charge on any atom is 0.0314 e. The average Bonchev–Trinajstić information content (AvgIpc) is 3.61. The quantitative estimate of drug-likeness (QED) is 0.176. The molecule has 1 nitrogen and oxygen atoms in total. The number of halogens is 1. The van der Waals surface area contributed by atoms with Crippen molar-refractivity contribution in [1.29, 1.82) is 0 Å². The molecular formula is C55H48BrN. The van der Waals surface area contributed by atoms with E-state index in [4.69, 9.17) is 5.73 Å². The molecule has 0 atom stereocenters. The number of anilines is 1. The Bertz CT molecular complexity index is 2640. The van der Waals surface area contributed by atoms with Crippen LogP contribution in [-0.4, -0.2) is 0 Å². The Labute approximate surface area is 347 Å². The SMILES string of the molecule is CC1(C)c2ccccc2-c2ccc(Br)cc21.CC1(C)c2ccccc2-c2ccc(Cc3ccc(-c4ccccc4)cc3)cc21.Nc1ccc(-c2ccccc2)cc1. The predicted molar refractivity (Wildman–Crippen MR) is 247 cm³/mol. The molecule has 0 radical (unpaired) electrons. The molecule has 8 aromatic rings. The standard InChI is InChI=1S/C28H24.C15H13Br.C12H11N/c1-28(2)26-11-7-6-10-24(26)25-17-14-21(19-27(25)28)18-20-12-15-23(16-13-20)22-8-4-3-5-9-22;1-15(2)13-6-4-3-5-11(13)12-8-7-10(16)9-14(12)15;13-12-8-6-11(7-9-12)10-4-2-1-3-5-10/h3-17,19H,18H2,1-2H3;3-9H,1-2H3;1-9H,13H2. The highest BCUT2D eigenvalue weighted by Gasteiger charge is 2.36. The summed E-state index contributed by atoms with van der Waals surface area (Å²) in [5.74, 6) is 0. The fourth-order valence-electron chi connectivity index (χ4n) is 8.53. The number of hydrogen-bond acceptors (Lipinski definition) is 1. The number of hydrogen-bond donors (Lipinski definition) is 1. The van der Waals surface area contributed by atoms with E-state index >= 15 is 0 Å². The zero-order valence-electron chi connectivity index (χ0n) is 33.1. The van der Waals surface area contributed by atoms with Gasteiger partial charge >= 0.3 is 0 Å². The normalized spacial score (nSPS) is 13.4. The maximum atomic E-state index is 5.60. The Hall–Kier alpha value is -5.96. The van der Waals surface area contributed by atoms with Crippen molar-refractivity contribution >= 4 is 21.6 Å². The minimum absolute atomic E-state index is 0.0686. The highest BCUT2D eigenvalue weighted by molar-refractivity contribution is 9.10. The fourth-order valence-corrected chi connectivity index (χ4v) is 8.89. The van der Waals surface area contributed by atoms with Crippen LogP contribution in [0.4, 0.5) is 5.69 Å². The summed E-state index contributed by atoms with van der Waals surface area (Å²) in [7, 11) is 0. The fraction of sp³-hybridized carbons (Fsp3) is 0.127. The van der Waals surface area contributed by atoms with Crippen LogP contribution in [0.25, 0.3) is 44.5 Å². The first-order chi connectivity index (χ1) is 27.6. The number of nitrogen functional groups attached to an aromatic ring is 1. The average molecular weight is 803 g/mol. The third kappa shape index (κ3) is 7.75. The maximum absolute atomic E-state index is 5.60. The summed E-state index contributed by atoms with van der Waals surface area (Å²) >= 11 is 3.56. The van der Waals surface area contributed by atoms with Crippen LogP contribution < -0.4 is 5.73 Å². The van der Waals surface area contributed by atoms with Crippen molar-refractivity contribution in [3.63, 3.8) is 0 Å². The van der Waals surface area contributed by atoms with E-state index in [2.05, 4.69) is 195 Å². The number of nitrogens with two attached hydrogens (primary N) is 1. The molecule has 10 rings (SSSR count). The van der Waals surface area contributed by atoms with Crippen LogP contribution in [0.1, 0.15) is 61.1 Å². The Balaban J connectivity index is 0.000000132. The Morgan fingerprint density at radius 1 is 0.368 bits per heavy atom. The molecule has 8 aromatic carbocycles. The second kappa shape index (κ2) is 15.9. The molecule has 0 saturated carbocycles. The van der Waals surface area contributed by atoms with Crippen molar-refractivity contribution in [2.24, 2.45) is 0 Å². The Morgan fingerprint density at radius 3 is 1.28 bits per heavy atom. The van der Waals surface area contributed by atoms with E-state index in [1.807, 2.05) is 42.5 Å². The second-order valence-corrected chi connectivity index (χ2v) is 17.1. The minimum atomic E-state index is 0.0686. The molecule has 2 N–H and O–H groups in total. The van der Waals surface area contributed by atoms with Gasteiger partial charge in [0.15, 0.2) is 0 Å². The molecule has 2 aliphatic carbocycles. The minimum Gasteiger partial charge on any atom is -0.399 e. The van der Waals surface area contributed by atoms with Gasteiger partial charge in [-0.3, -0.25) is 0 Å². The van der Waals surface area contributed by atoms with Gasteiger partial charge in [0.05, 0.1) is 0 Å². The highest BCUT2D eigenvalue weighted by Crippen LogP contribution is 2.50. The first-order valence-corrected chi connectivity index (χ1v) is 20.6. The van der Waals surface area contributed by atoms with Crippen LogP contribution >= 0.6 is 15.9 Å². The molecule has 0 aromatic heterocycles. The van der Waals surface area contributed by atoms with Crippen LogP contribution in [0.3, 0.4) is 0 Å². The van der Waals surface area contributed by atoms with Gasteiger partial charge in [-0.1, -0.05) is 213 Å². The van der Waals surface area contributed by atoms with Gasteiger partial charge in [0.2, 0.25) is 0 Å². The lowest BCUT2D eigenvalue weighted by Gasteiger charge is -2.22. The summed E-state index contributed by atoms with van der Waals surface area (Å²) in [6.07, 6.45) is 0.967. The van der Waals surface area contributed by atoms with E-state index in [-0.39, 0.29) is 10.8 Å². The van der Waals surface area contributed by atoms with Gasteiger partial charge in [-0.05, 0) is 109 Å². The first kappa shape index (κ1) is 37.9. The summed E-state index contributed by atoms with van der Waals surface area (Å²) < 4.78 is 1.16. The third-order valence-electron chi connectivity index (χ3n) is 11.7.